The third-order valence-corrected chi connectivity index (χ3v) is 2.07. The van der Waals surface area contributed by atoms with Crippen molar-refractivity contribution in [3.05, 3.63) is 71.8 Å². The van der Waals surface area contributed by atoms with E-state index in [-0.39, 0.29) is 29.6 Å². The van der Waals surface area contributed by atoms with Crippen molar-refractivity contribution in [2.45, 2.75) is 0 Å². The Kier molecular flexibility index (Phi) is 8.21. The SMILES string of the molecule is O=C(c1ccccc1)c1ccccc1.O=CO.[AlH3]. The average Bonchev–Trinajstić information content (AvgIpc) is 2.41. The number of carbonyl (C=O) groups is 2. The van der Waals surface area contributed by atoms with Crippen molar-refractivity contribution >= 4 is 29.6 Å². The highest BCUT2D eigenvalue weighted by atomic mass is 27.0. The van der Waals surface area contributed by atoms with E-state index >= 15 is 0 Å². The number of hydrogen-bond donors (Lipinski definition) is 1. The standard InChI is InChI=1S/C13H10O.CH2O2.Al.3H/c14-13(11-7-3-1-4-8-11)12-9-5-2-6-10-12;2-1-3;;;;/h1-10H;1H,(H,2,3);;;;. The van der Waals surface area contributed by atoms with Crippen molar-refractivity contribution in [1.82, 2.24) is 0 Å². The fraction of sp³-hybridized carbons (Fsp3) is 0. The topological polar surface area (TPSA) is 54.4 Å². The molecule has 0 unspecified atom stereocenters. The van der Waals surface area contributed by atoms with Crippen LogP contribution >= 0.6 is 0 Å². The van der Waals surface area contributed by atoms with E-state index in [9.17, 15) is 4.79 Å². The minimum atomic E-state index is -0.250. The first-order chi connectivity index (χ1) is 8.29. The summed E-state index contributed by atoms with van der Waals surface area (Å²) in [5.74, 6) is 0.0752. The smallest absolute Gasteiger partial charge is 0.290 e. The molecule has 0 spiro atoms. The van der Waals surface area contributed by atoms with Gasteiger partial charge in [-0.05, 0) is 0 Å². The molecule has 0 aliphatic carbocycles. The molecule has 0 radical (unpaired) electrons. The second-order valence-electron chi connectivity index (χ2n) is 3.17. The van der Waals surface area contributed by atoms with Gasteiger partial charge < -0.3 is 5.11 Å². The molecule has 0 heterocycles. The summed E-state index contributed by atoms with van der Waals surface area (Å²) in [4.78, 5) is 20.2. The largest absolute Gasteiger partial charge is 0.483 e. The van der Waals surface area contributed by atoms with Crippen LogP contribution in [0.5, 0.6) is 0 Å². The molecular weight excluding hydrogens is 243 g/mol. The molecule has 18 heavy (non-hydrogen) atoms. The predicted molar refractivity (Wildman–Crippen MR) is 74.9 cm³/mol. The lowest BCUT2D eigenvalue weighted by molar-refractivity contribution is -0.122. The molecule has 2 aromatic rings. The van der Waals surface area contributed by atoms with Crippen molar-refractivity contribution in [3.63, 3.8) is 0 Å². The molecule has 0 atom stereocenters. The first-order valence-electron chi connectivity index (χ1n) is 5.02. The number of carboxylic acid groups (broad SMARTS) is 1. The van der Waals surface area contributed by atoms with E-state index in [1.807, 2.05) is 60.7 Å². The summed E-state index contributed by atoms with van der Waals surface area (Å²) in [5, 5.41) is 6.89. The van der Waals surface area contributed by atoms with Crippen LogP contribution < -0.4 is 0 Å². The van der Waals surface area contributed by atoms with Crippen molar-refractivity contribution in [3.8, 4) is 0 Å². The summed E-state index contributed by atoms with van der Waals surface area (Å²) in [7, 11) is 0. The van der Waals surface area contributed by atoms with Crippen molar-refractivity contribution in [2.75, 3.05) is 0 Å². The third-order valence-electron chi connectivity index (χ3n) is 2.07. The minimum Gasteiger partial charge on any atom is -0.483 e. The van der Waals surface area contributed by atoms with Gasteiger partial charge in [0.25, 0.3) is 6.47 Å². The number of ketones is 1. The molecule has 0 aromatic heterocycles. The van der Waals surface area contributed by atoms with E-state index in [2.05, 4.69) is 0 Å². The average molecular weight is 258 g/mol. The molecule has 0 aliphatic rings. The van der Waals surface area contributed by atoms with Gasteiger partial charge in [0.05, 0.1) is 0 Å². The molecular formula is C14H15AlO3. The molecule has 0 saturated heterocycles. The molecule has 1 N–H and O–H groups in total. The zero-order valence-corrected chi connectivity index (χ0v) is 9.11. The van der Waals surface area contributed by atoms with Crippen LogP contribution in [0.2, 0.25) is 0 Å². The van der Waals surface area contributed by atoms with Gasteiger partial charge in [0.2, 0.25) is 0 Å². The highest BCUT2D eigenvalue weighted by Crippen LogP contribution is 2.08. The number of carbonyl (C=O) groups excluding carboxylic acids is 1. The van der Waals surface area contributed by atoms with Crippen LogP contribution in [0.4, 0.5) is 0 Å². The lowest BCUT2D eigenvalue weighted by Gasteiger charge is -1.99. The Morgan fingerprint density at radius 1 is 0.833 bits per heavy atom. The van der Waals surface area contributed by atoms with Gasteiger partial charge >= 0.3 is 0 Å². The Labute approximate surface area is 116 Å². The van der Waals surface area contributed by atoms with E-state index < -0.39 is 0 Å². The molecule has 0 bridgehead atoms. The van der Waals surface area contributed by atoms with Gasteiger partial charge in [-0.3, -0.25) is 9.59 Å². The second-order valence-corrected chi connectivity index (χ2v) is 3.17. The molecule has 2 rings (SSSR count). The summed E-state index contributed by atoms with van der Waals surface area (Å²) in [6.07, 6.45) is 0. The maximum atomic E-state index is 11.8. The molecule has 0 fully saturated rings. The third kappa shape index (κ3) is 4.96. The molecule has 92 valence electrons. The van der Waals surface area contributed by atoms with Crippen LogP contribution in [-0.2, 0) is 4.79 Å². The van der Waals surface area contributed by atoms with Gasteiger partial charge in [0.1, 0.15) is 0 Å². The zero-order valence-electron chi connectivity index (χ0n) is 9.11. The van der Waals surface area contributed by atoms with E-state index in [1.54, 1.807) is 0 Å². The van der Waals surface area contributed by atoms with Gasteiger partial charge in [0, 0.05) is 11.1 Å². The van der Waals surface area contributed by atoms with Crippen LogP contribution in [0.25, 0.3) is 0 Å². The Bertz CT molecular complexity index is 427. The summed E-state index contributed by atoms with van der Waals surface area (Å²) >= 11 is 0. The summed E-state index contributed by atoms with van der Waals surface area (Å²) in [6.45, 7) is -0.250. The molecule has 0 amide bonds. The number of hydrogen-bond acceptors (Lipinski definition) is 2. The van der Waals surface area contributed by atoms with E-state index in [1.165, 1.54) is 0 Å². The summed E-state index contributed by atoms with van der Waals surface area (Å²) in [5.41, 5.74) is 1.47. The normalized spacial score (nSPS) is 8.22. The Balaban J connectivity index is 0.000000660. The van der Waals surface area contributed by atoms with E-state index in [0.29, 0.717) is 0 Å². The zero-order chi connectivity index (χ0) is 12.5. The van der Waals surface area contributed by atoms with Crippen molar-refractivity contribution < 1.29 is 14.7 Å². The summed E-state index contributed by atoms with van der Waals surface area (Å²) < 4.78 is 0. The molecule has 0 saturated carbocycles. The van der Waals surface area contributed by atoms with Gasteiger partial charge in [-0.2, -0.15) is 0 Å². The minimum absolute atomic E-state index is 0. The number of rotatable bonds is 2. The fourth-order valence-electron chi connectivity index (χ4n) is 1.35. The van der Waals surface area contributed by atoms with Gasteiger partial charge in [-0.1, -0.05) is 60.7 Å². The highest BCUT2D eigenvalue weighted by molar-refractivity contribution is 6.08. The van der Waals surface area contributed by atoms with Gasteiger partial charge in [0.15, 0.2) is 23.1 Å². The maximum Gasteiger partial charge on any atom is 0.290 e. The van der Waals surface area contributed by atoms with E-state index in [4.69, 9.17) is 9.90 Å². The van der Waals surface area contributed by atoms with Gasteiger partial charge in [-0.15, -0.1) is 0 Å². The first-order valence-corrected chi connectivity index (χ1v) is 5.02. The molecule has 2 aromatic carbocycles. The lowest BCUT2D eigenvalue weighted by Crippen LogP contribution is -1.99. The Hall–Kier alpha value is -1.89. The quantitative estimate of drug-likeness (QED) is 0.503. The van der Waals surface area contributed by atoms with Crippen LogP contribution in [-0.4, -0.2) is 34.7 Å². The van der Waals surface area contributed by atoms with Crippen LogP contribution in [0, 0.1) is 0 Å². The van der Waals surface area contributed by atoms with Crippen molar-refractivity contribution in [2.24, 2.45) is 0 Å². The second kappa shape index (κ2) is 9.17. The fourth-order valence-corrected chi connectivity index (χ4v) is 1.35. The highest BCUT2D eigenvalue weighted by Gasteiger charge is 2.06. The molecule has 0 aliphatic heterocycles. The molecule has 4 heteroatoms. The Morgan fingerprint density at radius 2 is 1.11 bits per heavy atom. The van der Waals surface area contributed by atoms with Gasteiger partial charge in [-0.25, -0.2) is 0 Å². The first kappa shape index (κ1) is 16.1. The number of benzene rings is 2. The summed E-state index contributed by atoms with van der Waals surface area (Å²) in [6, 6.07) is 18.6. The maximum absolute atomic E-state index is 11.8. The lowest BCUT2D eigenvalue weighted by atomic mass is 10.0. The monoisotopic (exact) mass is 258 g/mol. The van der Waals surface area contributed by atoms with Crippen molar-refractivity contribution in [1.29, 1.82) is 0 Å². The van der Waals surface area contributed by atoms with Crippen LogP contribution in [0.3, 0.4) is 0 Å². The predicted octanol–water partition coefficient (Wildman–Crippen LogP) is 1.43. The van der Waals surface area contributed by atoms with Crippen LogP contribution in [0.1, 0.15) is 15.9 Å². The Morgan fingerprint density at radius 3 is 1.39 bits per heavy atom. The van der Waals surface area contributed by atoms with E-state index in [0.717, 1.165) is 11.1 Å². The molecule has 3 nitrogen and oxygen atoms in total. The van der Waals surface area contributed by atoms with Crippen LogP contribution in [0.15, 0.2) is 60.7 Å².